The Kier molecular flexibility index (Phi) is 5.56. The number of aliphatic imine (C=N–C) groups is 1. The van der Waals surface area contributed by atoms with Gasteiger partial charge in [0.25, 0.3) is 0 Å². The molecule has 1 aliphatic rings. The second-order valence-corrected chi connectivity index (χ2v) is 6.33. The number of benzene rings is 1. The molecular formula is C20H27N3. The molecule has 0 atom stereocenters. The van der Waals surface area contributed by atoms with E-state index in [-0.39, 0.29) is 0 Å². The third-order valence-electron chi connectivity index (χ3n) is 3.91. The minimum atomic E-state index is 0.353. The first-order valence-electron chi connectivity index (χ1n) is 8.11. The summed E-state index contributed by atoms with van der Waals surface area (Å²) in [6.45, 7) is 15.2. The lowest BCUT2D eigenvalue weighted by Crippen LogP contribution is -2.29. The molecule has 1 aromatic rings. The van der Waals surface area contributed by atoms with Gasteiger partial charge in [0, 0.05) is 22.9 Å². The molecule has 122 valence electrons. The van der Waals surface area contributed by atoms with Gasteiger partial charge in [-0.2, -0.15) is 0 Å². The van der Waals surface area contributed by atoms with Crippen molar-refractivity contribution >= 4 is 23.0 Å². The predicted octanol–water partition coefficient (Wildman–Crippen LogP) is 4.77. The maximum atomic E-state index is 4.56. The SMILES string of the molecule is C=C/C=C\c1c(C)cc(C2=C(C)CN=C2C)cc1NNC(C)C. The highest BCUT2D eigenvalue weighted by molar-refractivity contribution is 6.25. The Morgan fingerprint density at radius 1 is 1.22 bits per heavy atom. The molecule has 0 saturated heterocycles. The summed E-state index contributed by atoms with van der Waals surface area (Å²) in [5.74, 6) is 0. The van der Waals surface area contributed by atoms with E-state index in [2.05, 4.69) is 75.3 Å². The van der Waals surface area contributed by atoms with Gasteiger partial charge in [-0.25, -0.2) is 5.43 Å². The molecule has 0 saturated carbocycles. The standard InChI is InChI=1S/C20H27N3/c1-7-8-9-18-14(4)10-17(11-19(18)23-22-13(2)3)20-15(5)12-21-16(20)6/h7-11,13,22-23H,1,12H2,2-6H3/b9-8-. The van der Waals surface area contributed by atoms with Crippen molar-refractivity contribution in [3.63, 3.8) is 0 Å². The Balaban J connectivity index is 2.51. The molecule has 3 nitrogen and oxygen atoms in total. The molecule has 0 fully saturated rings. The fourth-order valence-corrected chi connectivity index (χ4v) is 2.81. The van der Waals surface area contributed by atoms with Crippen molar-refractivity contribution in [2.45, 2.75) is 40.7 Å². The fourth-order valence-electron chi connectivity index (χ4n) is 2.81. The summed E-state index contributed by atoms with van der Waals surface area (Å²) in [4.78, 5) is 4.56. The predicted molar refractivity (Wildman–Crippen MR) is 103 cm³/mol. The van der Waals surface area contributed by atoms with Crippen molar-refractivity contribution in [1.29, 1.82) is 0 Å². The molecular weight excluding hydrogens is 282 g/mol. The number of rotatable bonds is 6. The zero-order valence-electron chi connectivity index (χ0n) is 14.8. The first kappa shape index (κ1) is 17.2. The second kappa shape index (κ2) is 7.42. The monoisotopic (exact) mass is 309 g/mol. The maximum Gasteiger partial charge on any atom is 0.0610 e. The van der Waals surface area contributed by atoms with Crippen LogP contribution in [0.25, 0.3) is 11.6 Å². The number of allylic oxidation sites excluding steroid dienone is 3. The van der Waals surface area contributed by atoms with Gasteiger partial charge in [-0.05, 0) is 57.4 Å². The van der Waals surface area contributed by atoms with Crippen LogP contribution in [0.3, 0.4) is 0 Å². The molecule has 2 N–H and O–H groups in total. The maximum absolute atomic E-state index is 4.56. The van der Waals surface area contributed by atoms with E-state index in [4.69, 9.17) is 0 Å². The van der Waals surface area contributed by atoms with Crippen molar-refractivity contribution in [1.82, 2.24) is 5.43 Å². The number of nitrogens with one attached hydrogen (secondary N) is 2. The van der Waals surface area contributed by atoms with Gasteiger partial charge in [-0.1, -0.05) is 30.9 Å². The molecule has 23 heavy (non-hydrogen) atoms. The molecule has 0 amide bonds. The van der Waals surface area contributed by atoms with Crippen molar-refractivity contribution in [2.75, 3.05) is 12.0 Å². The van der Waals surface area contributed by atoms with Crippen molar-refractivity contribution < 1.29 is 0 Å². The first-order valence-corrected chi connectivity index (χ1v) is 8.11. The summed E-state index contributed by atoms with van der Waals surface area (Å²) in [6, 6.07) is 4.80. The van der Waals surface area contributed by atoms with Gasteiger partial charge in [0.2, 0.25) is 0 Å². The second-order valence-electron chi connectivity index (χ2n) is 6.33. The molecule has 1 aliphatic heterocycles. The molecule has 0 bridgehead atoms. The topological polar surface area (TPSA) is 36.4 Å². The van der Waals surface area contributed by atoms with E-state index in [0.717, 1.165) is 17.9 Å². The smallest absolute Gasteiger partial charge is 0.0610 e. The van der Waals surface area contributed by atoms with Crippen LogP contribution in [0.2, 0.25) is 0 Å². The van der Waals surface area contributed by atoms with Crippen LogP contribution in [0.5, 0.6) is 0 Å². The number of nitrogens with zero attached hydrogens (tertiary/aromatic N) is 1. The van der Waals surface area contributed by atoms with E-state index in [9.17, 15) is 0 Å². The highest BCUT2D eigenvalue weighted by Gasteiger charge is 2.17. The molecule has 0 spiro atoms. The first-order chi connectivity index (χ1) is 10.9. The Labute approximate surface area is 139 Å². The molecule has 0 aliphatic carbocycles. The zero-order chi connectivity index (χ0) is 17.0. The number of hydrazine groups is 1. The van der Waals surface area contributed by atoms with Gasteiger partial charge >= 0.3 is 0 Å². The van der Waals surface area contributed by atoms with E-state index < -0.39 is 0 Å². The van der Waals surface area contributed by atoms with Gasteiger partial charge in [0.15, 0.2) is 0 Å². The molecule has 0 unspecified atom stereocenters. The summed E-state index contributed by atoms with van der Waals surface area (Å²) in [5.41, 5.74) is 15.1. The van der Waals surface area contributed by atoms with Crippen molar-refractivity contribution in [2.24, 2.45) is 4.99 Å². The molecule has 2 rings (SSSR count). The average Bonchev–Trinajstić information content (AvgIpc) is 2.82. The van der Waals surface area contributed by atoms with Crippen LogP contribution in [-0.2, 0) is 0 Å². The molecule has 1 heterocycles. The van der Waals surface area contributed by atoms with Crippen LogP contribution >= 0.6 is 0 Å². The van der Waals surface area contributed by atoms with Crippen molar-refractivity contribution in [3.05, 3.63) is 53.1 Å². The number of aryl methyl sites for hydroxylation is 1. The fraction of sp³-hybridized carbons (Fsp3) is 0.350. The lowest BCUT2D eigenvalue weighted by molar-refractivity contribution is 0.659. The number of hydrogen-bond acceptors (Lipinski definition) is 3. The Hall–Kier alpha value is -2.13. The third kappa shape index (κ3) is 3.99. The quantitative estimate of drug-likeness (QED) is 0.587. The summed E-state index contributed by atoms with van der Waals surface area (Å²) in [5, 5.41) is 0. The summed E-state index contributed by atoms with van der Waals surface area (Å²) >= 11 is 0. The Bertz CT molecular complexity index is 691. The molecule has 0 aromatic heterocycles. The lowest BCUT2D eigenvalue weighted by atomic mass is 9.94. The van der Waals surface area contributed by atoms with Gasteiger partial charge in [0.1, 0.15) is 0 Å². The molecule has 1 aromatic carbocycles. The van der Waals surface area contributed by atoms with Crippen LogP contribution in [0.4, 0.5) is 5.69 Å². The van der Waals surface area contributed by atoms with E-state index in [1.807, 2.05) is 6.08 Å². The van der Waals surface area contributed by atoms with Crippen molar-refractivity contribution in [3.8, 4) is 0 Å². The van der Waals surface area contributed by atoms with Crippen LogP contribution in [0.1, 0.15) is 44.4 Å². The molecule has 0 radical (unpaired) electrons. The summed E-state index contributed by atoms with van der Waals surface area (Å²) < 4.78 is 0. The van der Waals surface area contributed by atoms with Gasteiger partial charge in [-0.15, -0.1) is 0 Å². The van der Waals surface area contributed by atoms with Crippen LogP contribution < -0.4 is 10.9 Å². The van der Waals surface area contributed by atoms with Crippen LogP contribution in [-0.4, -0.2) is 18.3 Å². The summed E-state index contributed by atoms with van der Waals surface area (Å²) in [6.07, 6.45) is 5.86. The highest BCUT2D eigenvalue weighted by Crippen LogP contribution is 2.31. The highest BCUT2D eigenvalue weighted by atomic mass is 15.4. The van der Waals surface area contributed by atoms with E-state index in [0.29, 0.717) is 6.04 Å². The van der Waals surface area contributed by atoms with Crippen LogP contribution in [0, 0.1) is 6.92 Å². The van der Waals surface area contributed by atoms with Crippen LogP contribution in [0.15, 0.2) is 41.4 Å². The van der Waals surface area contributed by atoms with Gasteiger partial charge in [-0.3, -0.25) is 4.99 Å². The van der Waals surface area contributed by atoms with E-state index in [1.165, 1.54) is 27.8 Å². The molecule has 3 heteroatoms. The zero-order valence-corrected chi connectivity index (χ0v) is 14.8. The third-order valence-corrected chi connectivity index (χ3v) is 3.91. The van der Waals surface area contributed by atoms with Gasteiger partial charge < -0.3 is 5.43 Å². The number of hydrogen-bond donors (Lipinski definition) is 2. The average molecular weight is 309 g/mol. The summed E-state index contributed by atoms with van der Waals surface area (Å²) in [7, 11) is 0. The minimum absolute atomic E-state index is 0.353. The van der Waals surface area contributed by atoms with E-state index in [1.54, 1.807) is 6.08 Å². The largest absolute Gasteiger partial charge is 0.321 e. The Morgan fingerprint density at radius 2 is 1.96 bits per heavy atom. The van der Waals surface area contributed by atoms with E-state index >= 15 is 0 Å². The van der Waals surface area contributed by atoms with Gasteiger partial charge in [0.05, 0.1) is 12.2 Å². The Morgan fingerprint density at radius 3 is 2.52 bits per heavy atom. The normalized spacial score (nSPS) is 14.8. The lowest BCUT2D eigenvalue weighted by Gasteiger charge is -2.18. The minimum Gasteiger partial charge on any atom is -0.321 e. The number of anilines is 1.